The molecule has 1 aliphatic rings. The zero-order valence-electron chi connectivity index (χ0n) is 19.7. The number of anilines is 1. The normalized spacial score (nSPS) is 17.3. The van der Waals surface area contributed by atoms with Crippen LogP contribution < -0.4 is 10.6 Å². The summed E-state index contributed by atoms with van der Waals surface area (Å²) in [6.07, 6.45) is 0. The van der Waals surface area contributed by atoms with Gasteiger partial charge in [0.1, 0.15) is 12.1 Å². The number of nitrogens with one attached hydrogen (secondary N) is 2. The Morgan fingerprint density at radius 1 is 0.889 bits per heavy atom. The summed E-state index contributed by atoms with van der Waals surface area (Å²) < 4.78 is 4.86. The van der Waals surface area contributed by atoms with Gasteiger partial charge in [0, 0.05) is 0 Å². The minimum absolute atomic E-state index is 0.169. The lowest BCUT2D eigenvalue weighted by Gasteiger charge is -2.22. The number of methoxy groups -OCH3 is 1. The van der Waals surface area contributed by atoms with Gasteiger partial charge in [-0.1, -0.05) is 60.7 Å². The van der Waals surface area contributed by atoms with Crippen LogP contribution in [0.3, 0.4) is 0 Å². The SMILES string of the molecule is COC(=O)c1cc2ccccc2cc1NC(=O)CN1C(=O)NC(C)(c2ccc3ccccc3c2)C1=O. The molecular weight excluding hydrogens is 458 g/mol. The van der Waals surface area contributed by atoms with Crippen LogP contribution in [0.1, 0.15) is 22.8 Å². The summed E-state index contributed by atoms with van der Waals surface area (Å²) in [6.45, 7) is 1.11. The van der Waals surface area contributed by atoms with E-state index in [4.69, 9.17) is 4.74 Å². The van der Waals surface area contributed by atoms with Crippen molar-refractivity contribution in [1.82, 2.24) is 10.2 Å². The van der Waals surface area contributed by atoms with Crippen molar-refractivity contribution in [2.45, 2.75) is 12.5 Å². The molecule has 180 valence electrons. The van der Waals surface area contributed by atoms with E-state index in [0.717, 1.165) is 26.4 Å². The van der Waals surface area contributed by atoms with Crippen molar-refractivity contribution < 1.29 is 23.9 Å². The number of carbonyl (C=O) groups is 4. The van der Waals surface area contributed by atoms with E-state index in [2.05, 4.69) is 10.6 Å². The molecule has 4 aromatic carbocycles. The van der Waals surface area contributed by atoms with Crippen LogP contribution in [0, 0.1) is 0 Å². The fourth-order valence-electron chi connectivity index (χ4n) is 4.49. The molecule has 4 aromatic rings. The number of hydrogen-bond acceptors (Lipinski definition) is 5. The average molecular weight is 482 g/mol. The van der Waals surface area contributed by atoms with Gasteiger partial charge in [-0.3, -0.25) is 14.5 Å². The van der Waals surface area contributed by atoms with E-state index in [1.807, 2.05) is 60.7 Å². The van der Waals surface area contributed by atoms with E-state index in [-0.39, 0.29) is 11.3 Å². The van der Waals surface area contributed by atoms with E-state index in [9.17, 15) is 19.2 Å². The highest BCUT2D eigenvalue weighted by Crippen LogP contribution is 2.31. The monoisotopic (exact) mass is 481 g/mol. The summed E-state index contributed by atoms with van der Waals surface area (Å²) in [5.74, 6) is -1.78. The van der Waals surface area contributed by atoms with E-state index in [0.29, 0.717) is 5.56 Å². The Balaban J connectivity index is 1.39. The van der Waals surface area contributed by atoms with Gasteiger partial charge in [0.2, 0.25) is 5.91 Å². The van der Waals surface area contributed by atoms with Gasteiger partial charge in [-0.05, 0) is 52.2 Å². The van der Waals surface area contributed by atoms with E-state index in [1.54, 1.807) is 25.1 Å². The molecule has 4 amide bonds. The van der Waals surface area contributed by atoms with Gasteiger partial charge in [-0.25, -0.2) is 9.59 Å². The van der Waals surface area contributed by atoms with Gasteiger partial charge in [0.25, 0.3) is 5.91 Å². The standard InChI is InChI=1S/C28H23N3O5/c1-28(21-12-11-17-7-3-4-8-18(17)13-21)26(34)31(27(35)30-28)16-24(32)29-23-15-20-10-6-5-9-19(20)14-22(23)25(33)36-2/h3-15H,16H2,1-2H3,(H,29,32)(H,30,35). The minimum Gasteiger partial charge on any atom is -0.465 e. The predicted molar refractivity (Wildman–Crippen MR) is 135 cm³/mol. The molecule has 0 saturated carbocycles. The quantitative estimate of drug-likeness (QED) is 0.329. The smallest absolute Gasteiger partial charge is 0.339 e. The highest BCUT2D eigenvalue weighted by molar-refractivity contribution is 6.12. The van der Waals surface area contributed by atoms with Gasteiger partial charge in [0.05, 0.1) is 18.4 Å². The molecule has 0 spiro atoms. The van der Waals surface area contributed by atoms with Crippen molar-refractivity contribution in [3.8, 4) is 0 Å². The van der Waals surface area contributed by atoms with Gasteiger partial charge in [0.15, 0.2) is 0 Å². The third-order valence-corrected chi connectivity index (χ3v) is 6.47. The van der Waals surface area contributed by atoms with Crippen molar-refractivity contribution in [1.29, 1.82) is 0 Å². The molecule has 36 heavy (non-hydrogen) atoms. The third kappa shape index (κ3) is 3.92. The number of fused-ring (bicyclic) bond motifs is 2. The minimum atomic E-state index is -1.32. The zero-order chi connectivity index (χ0) is 25.4. The lowest BCUT2D eigenvalue weighted by Crippen LogP contribution is -2.42. The second-order valence-electron chi connectivity index (χ2n) is 8.79. The first-order valence-electron chi connectivity index (χ1n) is 11.3. The van der Waals surface area contributed by atoms with Gasteiger partial charge < -0.3 is 15.4 Å². The van der Waals surface area contributed by atoms with E-state index >= 15 is 0 Å². The summed E-state index contributed by atoms with van der Waals surface area (Å²) in [5, 5.41) is 8.94. The second-order valence-corrected chi connectivity index (χ2v) is 8.79. The molecule has 0 aromatic heterocycles. The molecule has 8 heteroatoms. The van der Waals surface area contributed by atoms with E-state index in [1.165, 1.54) is 7.11 Å². The van der Waals surface area contributed by atoms with Crippen molar-refractivity contribution in [2.24, 2.45) is 0 Å². The Morgan fingerprint density at radius 3 is 2.17 bits per heavy atom. The first kappa shape index (κ1) is 23.0. The molecule has 1 heterocycles. The third-order valence-electron chi connectivity index (χ3n) is 6.47. The summed E-state index contributed by atoms with van der Waals surface area (Å²) in [6, 6.07) is 23.2. The van der Waals surface area contributed by atoms with Crippen molar-refractivity contribution in [2.75, 3.05) is 19.0 Å². The maximum Gasteiger partial charge on any atom is 0.339 e. The van der Waals surface area contributed by atoms with Crippen LogP contribution in [0.4, 0.5) is 10.5 Å². The summed E-state index contributed by atoms with van der Waals surface area (Å²) in [4.78, 5) is 52.3. The molecule has 1 unspecified atom stereocenters. The Kier molecular flexibility index (Phi) is 5.64. The zero-order valence-corrected chi connectivity index (χ0v) is 19.7. The van der Waals surface area contributed by atoms with Gasteiger partial charge >= 0.3 is 12.0 Å². The Labute approximate surface area is 206 Å². The molecule has 0 radical (unpaired) electrons. The summed E-state index contributed by atoms with van der Waals surface area (Å²) >= 11 is 0. The van der Waals surface area contributed by atoms with Crippen LogP contribution in [0.15, 0.2) is 78.9 Å². The van der Waals surface area contributed by atoms with Crippen LogP contribution in [0.5, 0.6) is 0 Å². The topological polar surface area (TPSA) is 105 Å². The molecule has 8 nitrogen and oxygen atoms in total. The number of carbonyl (C=O) groups excluding carboxylic acids is 4. The van der Waals surface area contributed by atoms with Crippen molar-refractivity contribution in [3.05, 3.63) is 90.0 Å². The Hall–Kier alpha value is -4.72. The Morgan fingerprint density at radius 2 is 1.50 bits per heavy atom. The molecule has 1 saturated heterocycles. The number of hydrogen-bond donors (Lipinski definition) is 2. The highest BCUT2D eigenvalue weighted by atomic mass is 16.5. The molecular formula is C28H23N3O5. The first-order chi connectivity index (χ1) is 17.3. The Bertz CT molecular complexity index is 1560. The van der Waals surface area contributed by atoms with Crippen LogP contribution in [-0.2, 0) is 19.9 Å². The predicted octanol–water partition coefficient (Wildman–Crippen LogP) is 4.19. The van der Waals surface area contributed by atoms with Crippen molar-refractivity contribution in [3.63, 3.8) is 0 Å². The molecule has 0 aliphatic carbocycles. The number of imide groups is 1. The molecule has 5 rings (SSSR count). The second kappa shape index (κ2) is 8.81. The fraction of sp³-hybridized carbons (Fsp3) is 0.143. The number of nitrogens with zero attached hydrogens (tertiary/aromatic N) is 1. The molecule has 1 atom stereocenters. The maximum absolute atomic E-state index is 13.3. The lowest BCUT2D eigenvalue weighted by molar-refractivity contribution is -0.133. The number of benzene rings is 4. The lowest BCUT2D eigenvalue weighted by atomic mass is 9.90. The molecule has 0 bridgehead atoms. The summed E-state index contributed by atoms with van der Waals surface area (Å²) in [7, 11) is 1.25. The molecule has 2 N–H and O–H groups in total. The van der Waals surface area contributed by atoms with Gasteiger partial charge in [-0.15, -0.1) is 0 Å². The highest BCUT2D eigenvalue weighted by Gasteiger charge is 2.49. The van der Waals surface area contributed by atoms with Crippen LogP contribution in [0.2, 0.25) is 0 Å². The number of urea groups is 1. The number of amides is 4. The van der Waals surface area contributed by atoms with E-state index < -0.39 is 35.9 Å². The van der Waals surface area contributed by atoms with Crippen molar-refractivity contribution >= 4 is 51.0 Å². The van der Waals surface area contributed by atoms with Crippen LogP contribution in [-0.4, -0.2) is 42.4 Å². The summed E-state index contributed by atoms with van der Waals surface area (Å²) in [5.41, 5.74) is -0.302. The number of ether oxygens (including phenoxy) is 1. The van der Waals surface area contributed by atoms with Gasteiger partial charge in [-0.2, -0.15) is 0 Å². The molecule has 1 aliphatic heterocycles. The number of rotatable bonds is 5. The maximum atomic E-state index is 13.3. The first-order valence-corrected chi connectivity index (χ1v) is 11.3. The largest absolute Gasteiger partial charge is 0.465 e. The number of esters is 1. The molecule has 1 fully saturated rings. The fourth-order valence-corrected chi connectivity index (χ4v) is 4.49. The average Bonchev–Trinajstić information content (AvgIpc) is 3.11. The van der Waals surface area contributed by atoms with Crippen LogP contribution in [0.25, 0.3) is 21.5 Å². The van der Waals surface area contributed by atoms with Crippen LogP contribution >= 0.6 is 0 Å².